The lowest BCUT2D eigenvalue weighted by molar-refractivity contribution is 0.474. The highest BCUT2D eigenvalue weighted by Crippen LogP contribution is 2.36. The Hall–Kier alpha value is -2.35. The Bertz CT molecular complexity index is 769. The summed E-state index contributed by atoms with van der Waals surface area (Å²) in [7, 11) is 0. The second kappa shape index (κ2) is 6.41. The van der Waals surface area contributed by atoms with E-state index in [0.29, 0.717) is 0 Å². The van der Waals surface area contributed by atoms with E-state index in [1.54, 1.807) is 0 Å². The van der Waals surface area contributed by atoms with Crippen LogP contribution in [0.15, 0.2) is 67.0 Å². The van der Waals surface area contributed by atoms with Gasteiger partial charge in [-0.05, 0) is 29.5 Å². The molecule has 0 saturated heterocycles. The lowest BCUT2D eigenvalue weighted by atomic mass is 9.78. The molecule has 0 saturated carbocycles. The Morgan fingerprint density at radius 1 is 0.957 bits per heavy atom. The summed E-state index contributed by atoms with van der Waals surface area (Å²) in [5, 5.41) is 0. The molecule has 0 unspecified atom stereocenters. The number of imidazole rings is 1. The monoisotopic (exact) mass is 304 g/mol. The predicted octanol–water partition coefficient (Wildman–Crippen LogP) is 5.62. The van der Waals surface area contributed by atoms with Crippen molar-refractivity contribution in [2.45, 2.75) is 39.0 Å². The van der Waals surface area contributed by atoms with Gasteiger partial charge in [-0.3, -0.25) is 4.57 Å². The maximum atomic E-state index is 4.66. The molecule has 0 amide bonds. The first-order valence-corrected chi connectivity index (χ1v) is 8.32. The van der Waals surface area contributed by atoms with Crippen LogP contribution in [0.3, 0.4) is 0 Å². The van der Waals surface area contributed by atoms with E-state index in [4.69, 9.17) is 0 Å². The molecule has 0 aliphatic carbocycles. The predicted molar refractivity (Wildman–Crippen MR) is 96.9 cm³/mol. The molecular weight excluding hydrogens is 280 g/mol. The van der Waals surface area contributed by atoms with E-state index in [2.05, 4.69) is 78.9 Å². The molecule has 2 heteroatoms. The van der Waals surface area contributed by atoms with Gasteiger partial charge in [-0.2, -0.15) is 0 Å². The molecule has 1 aromatic heterocycles. The van der Waals surface area contributed by atoms with E-state index < -0.39 is 0 Å². The Labute approximate surface area is 138 Å². The third kappa shape index (κ3) is 3.07. The first-order valence-electron chi connectivity index (χ1n) is 8.32. The highest BCUT2D eigenvalue weighted by Gasteiger charge is 2.24. The van der Waals surface area contributed by atoms with Crippen LogP contribution in [0.4, 0.5) is 0 Å². The van der Waals surface area contributed by atoms with Crippen molar-refractivity contribution in [2.75, 3.05) is 0 Å². The average molecular weight is 304 g/mol. The number of rotatable bonds is 5. The van der Waals surface area contributed by atoms with Gasteiger partial charge in [0.25, 0.3) is 0 Å². The number of hydrogen-bond acceptors (Lipinski definition) is 1. The smallest absolute Gasteiger partial charge is 0.144 e. The van der Waals surface area contributed by atoms with Crippen LogP contribution in [0, 0.1) is 0 Å². The van der Waals surface area contributed by atoms with Gasteiger partial charge in [0.05, 0.1) is 0 Å². The summed E-state index contributed by atoms with van der Waals surface area (Å²) in [6, 6.07) is 19.1. The molecule has 1 heterocycles. The van der Waals surface area contributed by atoms with Gasteiger partial charge in [0.1, 0.15) is 5.82 Å². The Morgan fingerprint density at radius 3 is 2.39 bits per heavy atom. The van der Waals surface area contributed by atoms with Crippen molar-refractivity contribution >= 4 is 0 Å². The van der Waals surface area contributed by atoms with Gasteiger partial charge in [-0.25, -0.2) is 4.98 Å². The van der Waals surface area contributed by atoms with Crippen molar-refractivity contribution in [2.24, 2.45) is 0 Å². The van der Waals surface area contributed by atoms with E-state index in [1.165, 1.54) is 17.5 Å². The summed E-state index contributed by atoms with van der Waals surface area (Å²) in [6.07, 6.45) is 6.25. The van der Waals surface area contributed by atoms with E-state index >= 15 is 0 Å². The molecule has 0 aliphatic rings. The van der Waals surface area contributed by atoms with Gasteiger partial charge < -0.3 is 0 Å². The molecule has 0 spiro atoms. The van der Waals surface area contributed by atoms with E-state index in [-0.39, 0.29) is 5.41 Å². The van der Waals surface area contributed by atoms with Crippen molar-refractivity contribution in [1.29, 1.82) is 0 Å². The number of para-hydroxylation sites is 1. The molecule has 0 N–H and O–H groups in total. The third-order valence-electron chi connectivity index (χ3n) is 4.45. The summed E-state index contributed by atoms with van der Waals surface area (Å²) in [5.74, 6) is 1.01. The fourth-order valence-electron chi connectivity index (χ4n) is 3.33. The summed E-state index contributed by atoms with van der Waals surface area (Å²) in [6.45, 7) is 6.89. The zero-order valence-corrected chi connectivity index (χ0v) is 14.2. The van der Waals surface area contributed by atoms with Gasteiger partial charge in [0, 0.05) is 23.6 Å². The molecule has 23 heavy (non-hydrogen) atoms. The highest BCUT2D eigenvalue weighted by molar-refractivity contribution is 5.64. The van der Waals surface area contributed by atoms with Crippen LogP contribution in [0.2, 0.25) is 0 Å². The summed E-state index contributed by atoms with van der Waals surface area (Å²) >= 11 is 0. The van der Waals surface area contributed by atoms with Crippen LogP contribution in [0.5, 0.6) is 0 Å². The molecule has 3 rings (SSSR count). The lowest BCUT2D eigenvalue weighted by Crippen LogP contribution is -2.18. The Balaban J connectivity index is 2.13. The van der Waals surface area contributed by atoms with Crippen molar-refractivity contribution in [3.05, 3.63) is 72.6 Å². The van der Waals surface area contributed by atoms with Crippen LogP contribution in [-0.4, -0.2) is 9.55 Å². The molecule has 0 bridgehead atoms. The zero-order chi connectivity index (χ0) is 16.3. The molecule has 3 aromatic rings. The number of benzene rings is 2. The van der Waals surface area contributed by atoms with Crippen LogP contribution in [-0.2, 0) is 5.41 Å². The summed E-state index contributed by atoms with van der Waals surface area (Å²) in [4.78, 5) is 4.66. The summed E-state index contributed by atoms with van der Waals surface area (Å²) < 4.78 is 2.17. The maximum absolute atomic E-state index is 4.66. The van der Waals surface area contributed by atoms with Crippen LogP contribution in [0.1, 0.15) is 39.2 Å². The second-order valence-corrected chi connectivity index (χ2v) is 6.64. The van der Waals surface area contributed by atoms with Gasteiger partial charge in [0.2, 0.25) is 0 Å². The maximum Gasteiger partial charge on any atom is 0.144 e. The molecule has 0 atom stereocenters. The fraction of sp³-hybridized carbons (Fsp3) is 0.286. The first-order chi connectivity index (χ1) is 11.1. The molecule has 0 fully saturated rings. The van der Waals surface area contributed by atoms with Crippen LogP contribution < -0.4 is 0 Å². The fourth-order valence-corrected chi connectivity index (χ4v) is 3.33. The molecule has 2 aromatic carbocycles. The largest absolute Gasteiger partial charge is 0.300 e. The zero-order valence-electron chi connectivity index (χ0n) is 14.2. The topological polar surface area (TPSA) is 17.8 Å². The standard InChI is InChI=1S/C21H24N2/c1-4-14-21(2,3)19-13-9-8-12-18(19)20-22-15-16-23(20)17-10-6-5-7-11-17/h5-13,15-16H,4,14H2,1-3H3. The van der Waals surface area contributed by atoms with Crippen LogP contribution >= 0.6 is 0 Å². The highest BCUT2D eigenvalue weighted by atomic mass is 15.1. The number of nitrogens with zero attached hydrogens (tertiary/aromatic N) is 2. The SMILES string of the molecule is CCCC(C)(C)c1ccccc1-c1nccn1-c1ccccc1. The van der Waals surface area contributed by atoms with E-state index in [1.807, 2.05) is 18.5 Å². The quantitative estimate of drug-likeness (QED) is 0.598. The molecule has 2 nitrogen and oxygen atoms in total. The van der Waals surface area contributed by atoms with Gasteiger partial charge >= 0.3 is 0 Å². The van der Waals surface area contributed by atoms with Gasteiger partial charge in [0.15, 0.2) is 0 Å². The van der Waals surface area contributed by atoms with Crippen molar-refractivity contribution < 1.29 is 0 Å². The minimum absolute atomic E-state index is 0.138. The van der Waals surface area contributed by atoms with Crippen LogP contribution in [0.25, 0.3) is 17.1 Å². The molecule has 0 radical (unpaired) electrons. The average Bonchev–Trinajstić information content (AvgIpc) is 3.05. The lowest BCUT2D eigenvalue weighted by Gasteiger charge is -2.27. The van der Waals surface area contributed by atoms with Gasteiger partial charge in [-0.15, -0.1) is 0 Å². The van der Waals surface area contributed by atoms with E-state index in [0.717, 1.165) is 17.9 Å². The first kappa shape index (κ1) is 15.5. The van der Waals surface area contributed by atoms with E-state index in [9.17, 15) is 0 Å². The molecule has 118 valence electrons. The molecular formula is C21H24N2. The Kier molecular flexibility index (Phi) is 4.33. The van der Waals surface area contributed by atoms with Crippen molar-refractivity contribution in [3.63, 3.8) is 0 Å². The normalized spacial score (nSPS) is 11.6. The van der Waals surface area contributed by atoms with Gasteiger partial charge in [-0.1, -0.05) is 69.7 Å². The number of aromatic nitrogens is 2. The Morgan fingerprint density at radius 2 is 1.65 bits per heavy atom. The van der Waals surface area contributed by atoms with Crippen molar-refractivity contribution in [1.82, 2.24) is 9.55 Å². The minimum atomic E-state index is 0.138. The van der Waals surface area contributed by atoms with Crippen molar-refractivity contribution in [3.8, 4) is 17.1 Å². The number of hydrogen-bond donors (Lipinski definition) is 0. The molecule has 0 aliphatic heterocycles. The second-order valence-electron chi connectivity index (χ2n) is 6.64. The third-order valence-corrected chi connectivity index (χ3v) is 4.45. The minimum Gasteiger partial charge on any atom is -0.300 e. The summed E-state index contributed by atoms with van der Waals surface area (Å²) in [5.41, 5.74) is 3.87.